The van der Waals surface area contributed by atoms with E-state index >= 15 is 0 Å². The van der Waals surface area contributed by atoms with Gasteiger partial charge < -0.3 is 5.11 Å². The van der Waals surface area contributed by atoms with Gasteiger partial charge in [0.2, 0.25) is 0 Å². The molecule has 0 bridgehead atoms. The summed E-state index contributed by atoms with van der Waals surface area (Å²) in [6, 6.07) is 4.28. The van der Waals surface area contributed by atoms with E-state index in [-0.39, 0.29) is 0 Å². The molecule has 168 valence electrons. The number of rotatable bonds is 3. The highest BCUT2D eigenvalue weighted by Crippen LogP contribution is 2.65. The number of hydrogen-bond acceptors (Lipinski definition) is 3. The molecule has 0 aromatic carbocycles. The maximum absolute atomic E-state index is 10.6. The molecule has 0 spiro atoms. The highest BCUT2D eigenvalue weighted by molar-refractivity contribution is 5.29. The molecule has 9 atom stereocenters. The second kappa shape index (κ2) is 7.87. The average molecular weight is 421 g/mol. The van der Waals surface area contributed by atoms with Gasteiger partial charge in [-0.05, 0) is 130 Å². The van der Waals surface area contributed by atoms with Crippen LogP contribution in [0.3, 0.4) is 0 Å². The molecule has 1 aromatic rings. The van der Waals surface area contributed by atoms with Crippen molar-refractivity contribution < 1.29 is 5.11 Å². The van der Waals surface area contributed by atoms with Crippen LogP contribution in [0.5, 0.6) is 0 Å². The van der Waals surface area contributed by atoms with Crippen LogP contribution in [0, 0.1) is 58.2 Å². The normalized spacial score (nSPS) is 45.1. The third-order valence-electron chi connectivity index (χ3n) is 10.5. The molecule has 4 fully saturated rings. The van der Waals surface area contributed by atoms with Crippen LogP contribution in [0.25, 0.3) is 0 Å². The van der Waals surface area contributed by atoms with E-state index in [2.05, 4.69) is 31.8 Å². The second-order valence-electron chi connectivity index (χ2n) is 12.3. The van der Waals surface area contributed by atoms with E-state index in [1.165, 1.54) is 50.5 Å². The van der Waals surface area contributed by atoms with E-state index in [9.17, 15) is 10.4 Å². The minimum Gasteiger partial charge on any atom is -0.390 e. The molecule has 0 aliphatic heterocycles. The Bertz CT molecular complexity index is 857. The van der Waals surface area contributed by atoms with Gasteiger partial charge in [0.25, 0.3) is 0 Å². The van der Waals surface area contributed by atoms with Crippen LogP contribution < -0.4 is 0 Å². The Morgan fingerprint density at radius 3 is 2.68 bits per heavy atom. The number of fused-ring (bicyclic) bond motifs is 5. The summed E-state index contributed by atoms with van der Waals surface area (Å²) in [7, 11) is 0. The molecule has 4 aliphatic carbocycles. The van der Waals surface area contributed by atoms with Gasteiger partial charge in [0.15, 0.2) is 0 Å². The first-order valence-electron chi connectivity index (χ1n) is 12.9. The number of nitriles is 1. The lowest BCUT2D eigenvalue weighted by Crippen LogP contribution is -2.50. The van der Waals surface area contributed by atoms with Gasteiger partial charge in [-0.25, -0.2) is 0 Å². The fourth-order valence-electron chi connectivity index (χ4n) is 9.23. The molecular weight excluding hydrogens is 380 g/mol. The number of aromatic nitrogens is 1. The lowest BCUT2D eigenvalue weighted by atomic mass is 9.48. The molecule has 1 aromatic heterocycles. The molecule has 5 rings (SSSR count). The SMILES string of the molecule is C[C@@H](Cc1cncc(C#N)c1)C1CC[C@H]2[C@@H]3CC[C@@H]4C[C@](C)(O)CC[C@@H]4[C@H]3CC[C@]12C. The molecular formula is C28H40N2O. The van der Waals surface area contributed by atoms with Crippen LogP contribution in [0.1, 0.15) is 89.7 Å². The van der Waals surface area contributed by atoms with Crippen molar-refractivity contribution in [3.63, 3.8) is 0 Å². The smallest absolute Gasteiger partial charge is 0.101 e. The van der Waals surface area contributed by atoms with E-state index < -0.39 is 5.60 Å². The van der Waals surface area contributed by atoms with Gasteiger partial charge in [0.05, 0.1) is 11.2 Å². The molecule has 1 N–H and O–H groups in total. The Balaban J connectivity index is 1.30. The summed E-state index contributed by atoms with van der Waals surface area (Å²) < 4.78 is 0. The lowest BCUT2D eigenvalue weighted by molar-refractivity contribution is -0.102. The molecule has 4 aliphatic rings. The third-order valence-corrected chi connectivity index (χ3v) is 10.5. The van der Waals surface area contributed by atoms with E-state index in [0.717, 1.165) is 54.8 Å². The minimum absolute atomic E-state index is 0.414. The Morgan fingerprint density at radius 2 is 1.87 bits per heavy atom. The quantitative estimate of drug-likeness (QED) is 0.638. The van der Waals surface area contributed by atoms with E-state index in [1.807, 2.05) is 12.3 Å². The highest BCUT2D eigenvalue weighted by Gasteiger charge is 2.58. The molecule has 0 saturated heterocycles. The zero-order chi connectivity index (χ0) is 21.8. The van der Waals surface area contributed by atoms with E-state index in [0.29, 0.717) is 16.9 Å². The summed E-state index contributed by atoms with van der Waals surface area (Å²) in [6.07, 6.45) is 16.3. The monoisotopic (exact) mass is 420 g/mol. The lowest BCUT2D eigenvalue weighted by Gasteiger charge is -2.57. The molecule has 0 radical (unpaired) electrons. The molecule has 3 nitrogen and oxygen atoms in total. The second-order valence-corrected chi connectivity index (χ2v) is 12.3. The summed E-state index contributed by atoms with van der Waals surface area (Å²) in [5.41, 5.74) is 1.97. The highest BCUT2D eigenvalue weighted by atomic mass is 16.3. The van der Waals surface area contributed by atoms with Crippen molar-refractivity contribution in [3.05, 3.63) is 29.6 Å². The van der Waals surface area contributed by atoms with Crippen molar-refractivity contribution in [1.29, 1.82) is 5.26 Å². The standard InChI is InChI=1S/C28H40N2O/c1-18(12-19-13-20(15-29)17-30-16-19)25-6-7-26-24-5-4-21-14-27(2,31)10-8-22(21)23(24)9-11-28(25,26)3/h13,16-18,21-26,31H,4-12,14H2,1-3H3/t18-,21+,22-,23+,24+,25?,26-,27+,28+/m0/s1. The van der Waals surface area contributed by atoms with Crippen molar-refractivity contribution in [3.8, 4) is 6.07 Å². The van der Waals surface area contributed by atoms with Gasteiger partial charge in [0.1, 0.15) is 6.07 Å². The molecule has 1 heterocycles. The first-order valence-corrected chi connectivity index (χ1v) is 12.9. The maximum atomic E-state index is 10.6. The molecule has 1 unspecified atom stereocenters. The van der Waals surface area contributed by atoms with Crippen LogP contribution in [0.15, 0.2) is 18.5 Å². The first kappa shape index (κ1) is 21.4. The largest absolute Gasteiger partial charge is 0.390 e. The molecule has 31 heavy (non-hydrogen) atoms. The van der Waals surface area contributed by atoms with E-state index in [4.69, 9.17) is 0 Å². The first-order chi connectivity index (χ1) is 14.8. The van der Waals surface area contributed by atoms with Gasteiger partial charge in [-0.3, -0.25) is 4.98 Å². The predicted molar refractivity (Wildman–Crippen MR) is 123 cm³/mol. The third kappa shape index (κ3) is 3.74. The Morgan fingerprint density at radius 1 is 1.06 bits per heavy atom. The minimum atomic E-state index is -0.414. The van der Waals surface area contributed by atoms with Gasteiger partial charge in [-0.1, -0.05) is 13.8 Å². The average Bonchev–Trinajstić information content (AvgIpc) is 3.10. The van der Waals surface area contributed by atoms with Crippen molar-refractivity contribution in [1.82, 2.24) is 4.98 Å². The summed E-state index contributed by atoms with van der Waals surface area (Å²) >= 11 is 0. The molecule has 4 saturated carbocycles. The van der Waals surface area contributed by atoms with Crippen molar-refractivity contribution >= 4 is 0 Å². The topological polar surface area (TPSA) is 56.9 Å². The van der Waals surface area contributed by atoms with Crippen LogP contribution in [0.2, 0.25) is 0 Å². The van der Waals surface area contributed by atoms with Crippen molar-refractivity contribution in [2.75, 3.05) is 0 Å². The van der Waals surface area contributed by atoms with Gasteiger partial charge in [0, 0.05) is 12.4 Å². The number of aliphatic hydroxyl groups is 1. The van der Waals surface area contributed by atoms with Crippen LogP contribution >= 0.6 is 0 Å². The van der Waals surface area contributed by atoms with Crippen molar-refractivity contribution in [2.24, 2.45) is 46.8 Å². The fourth-order valence-corrected chi connectivity index (χ4v) is 9.23. The summed E-state index contributed by atoms with van der Waals surface area (Å²) in [5.74, 6) is 5.80. The Kier molecular flexibility index (Phi) is 5.45. The fraction of sp³-hybridized carbons (Fsp3) is 0.786. The number of nitrogens with zero attached hydrogens (tertiary/aromatic N) is 2. The van der Waals surface area contributed by atoms with Crippen LogP contribution in [0.4, 0.5) is 0 Å². The zero-order valence-corrected chi connectivity index (χ0v) is 19.7. The maximum Gasteiger partial charge on any atom is 0.101 e. The predicted octanol–water partition coefficient (Wildman–Crippen LogP) is 6.15. The van der Waals surface area contributed by atoms with Gasteiger partial charge in [-0.15, -0.1) is 0 Å². The number of hydrogen-bond donors (Lipinski definition) is 1. The summed E-state index contributed by atoms with van der Waals surface area (Å²) in [6.45, 7) is 7.14. The Hall–Kier alpha value is -1.40. The van der Waals surface area contributed by atoms with Gasteiger partial charge in [-0.2, -0.15) is 5.26 Å². The Labute approximate surface area is 188 Å². The van der Waals surface area contributed by atoms with Crippen LogP contribution in [-0.4, -0.2) is 15.7 Å². The molecule has 0 amide bonds. The zero-order valence-electron chi connectivity index (χ0n) is 19.7. The van der Waals surface area contributed by atoms with E-state index in [1.54, 1.807) is 6.20 Å². The van der Waals surface area contributed by atoms with Gasteiger partial charge >= 0.3 is 0 Å². The van der Waals surface area contributed by atoms with Crippen LogP contribution in [-0.2, 0) is 6.42 Å². The van der Waals surface area contributed by atoms with Crippen molar-refractivity contribution in [2.45, 2.75) is 90.6 Å². The summed E-state index contributed by atoms with van der Waals surface area (Å²) in [4.78, 5) is 4.30. The number of pyridine rings is 1. The summed E-state index contributed by atoms with van der Waals surface area (Å²) in [5, 5.41) is 19.8. The molecule has 3 heteroatoms.